The molecule has 0 radical (unpaired) electrons. The van der Waals surface area contributed by atoms with Crippen LogP contribution >= 0.6 is 0 Å². The minimum absolute atomic E-state index is 0.333. The highest BCUT2D eigenvalue weighted by Crippen LogP contribution is 2.24. The van der Waals surface area contributed by atoms with Gasteiger partial charge in [-0.05, 0) is 44.0 Å². The van der Waals surface area contributed by atoms with E-state index in [0.717, 1.165) is 37.2 Å². The number of ether oxygens (including phenoxy) is 1. The third kappa shape index (κ3) is 4.33. The van der Waals surface area contributed by atoms with Gasteiger partial charge in [0.1, 0.15) is 18.0 Å². The van der Waals surface area contributed by atoms with Crippen LogP contribution in [0, 0.1) is 6.92 Å². The minimum atomic E-state index is -0.787. The van der Waals surface area contributed by atoms with Gasteiger partial charge in [-0.15, -0.1) is 0 Å². The molecular formula is C18H25N3O2. The number of aromatic nitrogens is 2. The second-order valence-corrected chi connectivity index (χ2v) is 6.67. The molecule has 1 unspecified atom stereocenters. The van der Waals surface area contributed by atoms with Gasteiger partial charge in [-0.2, -0.15) is 5.10 Å². The molecule has 5 heteroatoms. The van der Waals surface area contributed by atoms with Crippen LogP contribution in [-0.4, -0.2) is 45.1 Å². The number of piperidine rings is 1. The molecule has 5 nitrogen and oxygen atoms in total. The van der Waals surface area contributed by atoms with Gasteiger partial charge >= 0.3 is 0 Å². The molecule has 1 fully saturated rings. The molecule has 3 rings (SSSR count). The van der Waals surface area contributed by atoms with Crippen LogP contribution in [0.5, 0.6) is 5.75 Å². The zero-order chi connectivity index (χ0) is 16.3. The van der Waals surface area contributed by atoms with E-state index in [4.69, 9.17) is 4.74 Å². The number of nitrogens with zero attached hydrogens (tertiary/aromatic N) is 3. The van der Waals surface area contributed by atoms with Crippen molar-refractivity contribution >= 4 is 0 Å². The fourth-order valence-corrected chi connectivity index (χ4v) is 3.19. The van der Waals surface area contributed by atoms with Gasteiger partial charge < -0.3 is 9.84 Å². The van der Waals surface area contributed by atoms with Gasteiger partial charge in [0.25, 0.3) is 0 Å². The Kier molecular flexibility index (Phi) is 4.68. The Morgan fingerprint density at radius 3 is 3.00 bits per heavy atom. The average Bonchev–Trinajstić information content (AvgIpc) is 2.91. The molecule has 23 heavy (non-hydrogen) atoms. The summed E-state index contributed by atoms with van der Waals surface area (Å²) >= 11 is 0. The fourth-order valence-electron chi connectivity index (χ4n) is 3.19. The lowest BCUT2D eigenvalue weighted by Gasteiger charge is -2.38. The van der Waals surface area contributed by atoms with Crippen LogP contribution in [0.3, 0.4) is 0 Å². The first kappa shape index (κ1) is 16.0. The lowest BCUT2D eigenvalue weighted by atomic mass is 9.93. The summed E-state index contributed by atoms with van der Waals surface area (Å²) in [6.45, 7) is 4.83. The SMILES string of the molecule is Cc1cccc(OCC2(O)CCCN(Cc3cnn(C)c3)C2)c1. The number of aryl methyl sites for hydroxylation is 2. The van der Waals surface area contributed by atoms with Crippen molar-refractivity contribution in [3.63, 3.8) is 0 Å². The van der Waals surface area contributed by atoms with E-state index in [9.17, 15) is 5.11 Å². The maximum atomic E-state index is 10.9. The molecule has 2 aromatic rings. The van der Waals surface area contributed by atoms with Crippen molar-refractivity contribution in [3.05, 3.63) is 47.8 Å². The monoisotopic (exact) mass is 315 g/mol. The highest BCUT2D eigenvalue weighted by molar-refractivity contribution is 5.27. The van der Waals surface area contributed by atoms with Crippen molar-refractivity contribution in [2.24, 2.45) is 7.05 Å². The predicted octanol–water partition coefficient (Wildman–Crippen LogP) is 2.13. The van der Waals surface area contributed by atoms with Crippen molar-refractivity contribution < 1.29 is 9.84 Å². The largest absolute Gasteiger partial charge is 0.491 e. The van der Waals surface area contributed by atoms with Crippen LogP contribution in [0.2, 0.25) is 0 Å². The number of rotatable bonds is 5. The number of hydrogen-bond acceptors (Lipinski definition) is 4. The maximum Gasteiger partial charge on any atom is 0.119 e. The molecule has 0 bridgehead atoms. The highest BCUT2D eigenvalue weighted by Gasteiger charge is 2.34. The Balaban J connectivity index is 1.57. The molecule has 1 N–H and O–H groups in total. The number of benzene rings is 1. The van der Waals surface area contributed by atoms with Gasteiger partial charge in [0, 0.05) is 31.9 Å². The Hall–Kier alpha value is -1.85. The molecule has 2 heterocycles. The van der Waals surface area contributed by atoms with Crippen molar-refractivity contribution in [2.45, 2.75) is 31.9 Å². The Morgan fingerprint density at radius 1 is 1.39 bits per heavy atom. The van der Waals surface area contributed by atoms with E-state index in [1.807, 2.05) is 55.3 Å². The standard InChI is InChI=1S/C18H25N3O2/c1-15-5-3-6-17(9-15)23-14-18(22)7-4-8-21(13-18)12-16-10-19-20(2)11-16/h3,5-6,9-11,22H,4,7-8,12-14H2,1-2H3. The molecule has 0 spiro atoms. The van der Waals surface area contributed by atoms with Gasteiger partial charge in [0.2, 0.25) is 0 Å². The Bertz CT molecular complexity index is 655. The predicted molar refractivity (Wildman–Crippen MR) is 89.3 cm³/mol. The number of β-amino-alcohol motifs (C(OH)–C–C–N with tert-alkyl or cyclic N) is 1. The summed E-state index contributed by atoms with van der Waals surface area (Å²) in [5, 5.41) is 15.1. The average molecular weight is 315 g/mol. The van der Waals surface area contributed by atoms with Crippen molar-refractivity contribution in [3.8, 4) is 5.75 Å². The topological polar surface area (TPSA) is 50.5 Å². The van der Waals surface area contributed by atoms with Crippen molar-refractivity contribution in [1.82, 2.24) is 14.7 Å². The molecule has 1 saturated heterocycles. The van der Waals surface area contributed by atoms with E-state index >= 15 is 0 Å². The number of likely N-dealkylation sites (tertiary alicyclic amines) is 1. The second-order valence-electron chi connectivity index (χ2n) is 6.67. The second kappa shape index (κ2) is 6.72. The third-order valence-corrected chi connectivity index (χ3v) is 4.30. The van der Waals surface area contributed by atoms with Gasteiger partial charge in [0.05, 0.1) is 6.20 Å². The summed E-state index contributed by atoms with van der Waals surface area (Å²) in [6.07, 6.45) is 5.67. The van der Waals surface area contributed by atoms with Gasteiger partial charge in [0.15, 0.2) is 0 Å². The molecule has 0 saturated carbocycles. The van der Waals surface area contributed by atoms with E-state index in [0.29, 0.717) is 13.2 Å². The summed E-state index contributed by atoms with van der Waals surface area (Å²) in [4.78, 5) is 2.28. The first-order valence-corrected chi connectivity index (χ1v) is 8.14. The van der Waals surface area contributed by atoms with Crippen LogP contribution < -0.4 is 4.74 Å². The Labute approximate surface area is 137 Å². The molecule has 1 aliphatic rings. The summed E-state index contributed by atoms with van der Waals surface area (Å²) in [6, 6.07) is 7.95. The summed E-state index contributed by atoms with van der Waals surface area (Å²) < 4.78 is 7.65. The first-order chi connectivity index (χ1) is 11.0. The quantitative estimate of drug-likeness (QED) is 0.918. The van der Waals surface area contributed by atoms with E-state index in [2.05, 4.69) is 10.00 Å². The molecule has 124 valence electrons. The van der Waals surface area contributed by atoms with Crippen LogP contribution in [-0.2, 0) is 13.6 Å². The Morgan fingerprint density at radius 2 is 2.26 bits per heavy atom. The normalized spacial score (nSPS) is 22.2. The first-order valence-electron chi connectivity index (χ1n) is 8.14. The zero-order valence-corrected chi connectivity index (χ0v) is 13.9. The highest BCUT2D eigenvalue weighted by atomic mass is 16.5. The maximum absolute atomic E-state index is 10.9. The van der Waals surface area contributed by atoms with Crippen LogP contribution in [0.4, 0.5) is 0 Å². The summed E-state index contributed by atoms with van der Waals surface area (Å²) in [7, 11) is 1.92. The van der Waals surface area contributed by atoms with E-state index < -0.39 is 5.60 Å². The third-order valence-electron chi connectivity index (χ3n) is 4.30. The van der Waals surface area contributed by atoms with E-state index in [1.165, 1.54) is 5.56 Å². The van der Waals surface area contributed by atoms with Crippen LogP contribution in [0.25, 0.3) is 0 Å². The number of hydrogen-bond donors (Lipinski definition) is 1. The molecule has 1 aromatic carbocycles. The number of aliphatic hydroxyl groups is 1. The zero-order valence-electron chi connectivity index (χ0n) is 13.9. The lowest BCUT2D eigenvalue weighted by molar-refractivity contribution is -0.0621. The minimum Gasteiger partial charge on any atom is -0.491 e. The van der Waals surface area contributed by atoms with Gasteiger partial charge in [-0.25, -0.2) is 0 Å². The van der Waals surface area contributed by atoms with E-state index in [-0.39, 0.29) is 0 Å². The van der Waals surface area contributed by atoms with E-state index in [1.54, 1.807) is 0 Å². The van der Waals surface area contributed by atoms with Crippen LogP contribution in [0.15, 0.2) is 36.7 Å². The molecule has 1 aliphatic heterocycles. The van der Waals surface area contributed by atoms with Crippen molar-refractivity contribution in [2.75, 3.05) is 19.7 Å². The van der Waals surface area contributed by atoms with Crippen molar-refractivity contribution in [1.29, 1.82) is 0 Å². The van der Waals surface area contributed by atoms with Gasteiger partial charge in [-0.1, -0.05) is 12.1 Å². The molecule has 1 aromatic heterocycles. The molecular weight excluding hydrogens is 290 g/mol. The lowest BCUT2D eigenvalue weighted by Crippen LogP contribution is -2.51. The summed E-state index contributed by atoms with van der Waals surface area (Å²) in [5.41, 5.74) is 1.55. The molecule has 1 atom stereocenters. The molecule has 0 aliphatic carbocycles. The smallest absolute Gasteiger partial charge is 0.119 e. The summed E-state index contributed by atoms with van der Waals surface area (Å²) in [5.74, 6) is 0.822. The van der Waals surface area contributed by atoms with Crippen LogP contribution in [0.1, 0.15) is 24.0 Å². The van der Waals surface area contributed by atoms with Gasteiger partial charge in [-0.3, -0.25) is 9.58 Å². The fraction of sp³-hybridized carbons (Fsp3) is 0.500. The molecule has 0 amide bonds.